The van der Waals surface area contributed by atoms with Crippen molar-refractivity contribution in [1.82, 2.24) is 9.88 Å². The first-order valence-electron chi connectivity index (χ1n) is 5.67. The Balaban J connectivity index is 2.71. The first kappa shape index (κ1) is 12.8. The predicted molar refractivity (Wildman–Crippen MR) is 63.3 cm³/mol. The molecule has 4 nitrogen and oxygen atoms in total. The van der Waals surface area contributed by atoms with Gasteiger partial charge in [-0.3, -0.25) is 4.79 Å². The fraction of sp³-hybridized carbons (Fsp3) is 0.583. The van der Waals surface area contributed by atoms with Gasteiger partial charge in [-0.2, -0.15) is 0 Å². The van der Waals surface area contributed by atoms with Gasteiger partial charge in [0.15, 0.2) is 0 Å². The van der Waals surface area contributed by atoms with E-state index in [1.807, 2.05) is 37.6 Å². The van der Waals surface area contributed by atoms with Gasteiger partial charge in [-0.05, 0) is 25.0 Å². The number of aliphatic hydroxyl groups is 1. The second-order valence-corrected chi connectivity index (χ2v) is 4.19. The predicted octanol–water partition coefficient (Wildman–Crippen LogP) is 1.25. The lowest BCUT2D eigenvalue weighted by Crippen LogP contribution is -2.41. The van der Waals surface area contributed by atoms with Crippen LogP contribution >= 0.6 is 0 Å². The van der Waals surface area contributed by atoms with Gasteiger partial charge in [-0.1, -0.05) is 13.8 Å². The fourth-order valence-electron chi connectivity index (χ4n) is 1.56. The molecule has 0 aromatic carbocycles. The summed E-state index contributed by atoms with van der Waals surface area (Å²) in [7, 11) is 0. The van der Waals surface area contributed by atoms with Crippen LogP contribution in [0.3, 0.4) is 0 Å². The molecule has 0 saturated carbocycles. The van der Waals surface area contributed by atoms with E-state index in [-0.39, 0.29) is 24.5 Å². The van der Waals surface area contributed by atoms with Crippen molar-refractivity contribution in [1.29, 1.82) is 0 Å². The highest BCUT2D eigenvalue weighted by Gasteiger charge is 2.17. The van der Waals surface area contributed by atoms with Crippen molar-refractivity contribution in [3.63, 3.8) is 0 Å². The molecule has 1 rings (SSSR count). The van der Waals surface area contributed by atoms with Crippen LogP contribution < -0.4 is 5.32 Å². The van der Waals surface area contributed by atoms with E-state index >= 15 is 0 Å². The van der Waals surface area contributed by atoms with E-state index in [0.717, 1.165) is 6.54 Å². The lowest BCUT2D eigenvalue weighted by atomic mass is 10.1. The Labute approximate surface area is 96.3 Å². The van der Waals surface area contributed by atoms with Crippen LogP contribution in [0, 0.1) is 5.92 Å². The van der Waals surface area contributed by atoms with Gasteiger partial charge in [0.25, 0.3) is 5.91 Å². The Bertz CT molecular complexity index is 345. The van der Waals surface area contributed by atoms with E-state index < -0.39 is 0 Å². The SMILES string of the molecule is CCn1cccc1C(=O)N[C@H](CO)C(C)C. The smallest absolute Gasteiger partial charge is 0.268 e. The van der Waals surface area contributed by atoms with Crippen molar-refractivity contribution in [3.8, 4) is 0 Å². The maximum atomic E-state index is 11.9. The number of carbonyl (C=O) groups excluding carboxylic acids is 1. The molecule has 2 N–H and O–H groups in total. The second-order valence-electron chi connectivity index (χ2n) is 4.19. The van der Waals surface area contributed by atoms with Gasteiger partial charge in [0.2, 0.25) is 0 Å². The second kappa shape index (κ2) is 5.70. The summed E-state index contributed by atoms with van der Waals surface area (Å²) in [5.41, 5.74) is 0.640. The lowest BCUT2D eigenvalue weighted by molar-refractivity contribution is 0.0887. The zero-order valence-electron chi connectivity index (χ0n) is 10.1. The van der Waals surface area contributed by atoms with E-state index in [0.29, 0.717) is 5.69 Å². The standard InChI is InChI=1S/C12H20N2O2/c1-4-14-7-5-6-11(14)12(16)13-10(8-15)9(2)3/h5-7,9-10,15H,4,8H2,1-3H3,(H,13,16)/t10-/m1/s1. The number of carbonyl (C=O) groups is 1. The summed E-state index contributed by atoms with van der Waals surface area (Å²) in [5, 5.41) is 12.0. The van der Waals surface area contributed by atoms with Gasteiger partial charge in [0.05, 0.1) is 12.6 Å². The molecule has 4 heteroatoms. The third-order valence-electron chi connectivity index (χ3n) is 2.72. The minimum absolute atomic E-state index is 0.0315. The Hall–Kier alpha value is -1.29. The van der Waals surface area contributed by atoms with Crippen LogP contribution in [-0.2, 0) is 6.54 Å². The fourth-order valence-corrected chi connectivity index (χ4v) is 1.56. The molecule has 0 radical (unpaired) electrons. The summed E-state index contributed by atoms with van der Waals surface area (Å²) in [5.74, 6) is 0.0959. The Kier molecular flexibility index (Phi) is 4.55. The zero-order valence-corrected chi connectivity index (χ0v) is 10.1. The number of rotatable bonds is 5. The molecule has 1 aromatic heterocycles. The maximum Gasteiger partial charge on any atom is 0.268 e. The van der Waals surface area contributed by atoms with Crippen LogP contribution in [0.4, 0.5) is 0 Å². The molecule has 0 saturated heterocycles. The number of nitrogens with one attached hydrogen (secondary N) is 1. The molecule has 0 fully saturated rings. The van der Waals surface area contributed by atoms with Crippen LogP contribution in [0.2, 0.25) is 0 Å². The minimum Gasteiger partial charge on any atom is -0.394 e. The number of aryl methyl sites for hydroxylation is 1. The van der Waals surface area contributed by atoms with Gasteiger partial charge in [-0.25, -0.2) is 0 Å². The van der Waals surface area contributed by atoms with Crippen molar-refractivity contribution in [2.45, 2.75) is 33.4 Å². The van der Waals surface area contributed by atoms with E-state index in [1.54, 1.807) is 6.07 Å². The first-order valence-corrected chi connectivity index (χ1v) is 5.67. The molecule has 0 aliphatic carbocycles. The molecule has 0 bridgehead atoms. The number of nitrogens with zero attached hydrogens (tertiary/aromatic N) is 1. The first-order chi connectivity index (χ1) is 7.60. The quantitative estimate of drug-likeness (QED) is 0.791. The third-order valence-corrected chi connectivity index (χ3v) is 2.72. The minimum atomic E-state index is -0.187. The molecule has 1 heterocycles. The summed E-state index contributed by atoms with van der Waals surface area (Å²) >= 11 is 0. The molecule has 16 heavy (non-hydrogen) atoms. The Morgan fingerprint density at radius 2 is 2.25 bits per heavy atom. The van der Waals surface area contributed by atoms with E-state index in [4.69, 9.17) is 5.11 Å². The van der Waals surface area contributed by atoms with Crippen molar-refractivity contribution in [2.24, 2.45) is 5.92 Å². The van der Waals surface area contributed by atoms with Gasteiger partial charge in [0, 0.05) is 12.7 Å². The lowest BCUT2D eigenvalue weighted by Gasteiger charge is -2.20. The van der Waals surface area contributed by atoms with Gasteiger partial charge in [-0.15, -0.1) is 0 Å². The summed E-state index contributed by atoms with van der Waals surface area (Å²) in [6, 6.07) is 3.45. The Morgan fingerprint density at radius 3 is 2.75 bits per heavy atom. The van der Waals surface area contributed by atoms with E-state index in [1.165, 1.54) is 0 Å². The molecule has 1 amide bonds. The molecule has 0 aliphatic rings. The summed E-state index contributed by atoms with van der Waals surface area (Å²) in [4.78, 5) is 11.9. The van der Waals surface area contributed by atoms with E-state index in [2.05, 4.69) is 5.32 Å². The molecule has 0 unspecified atom stereocenters. The number of amides is 1. The largest absolute Gasteiger partial charge is 0.394 e. The van der Waals surface area contributed by atoms with Crippen LogP contribution in [0.1, 0.15) is 31.3 Å². The maximum absolute atomic E-state index is 11.9. The highest BCUT2D eigenvalue weighted by Crippen LogP contribution is 2.05. The van der Waals surface area contributed by atoms with Crippen molar-refractivity contribution >= 4 is 5.91 Å². The van der Waals surface area contributed by atoms with E-state index in [9.17, 15) is 4.79 Å². The summed E-state index contributed by atoms with van der Waals surface area (Å²) in [6.45, 7) is 6.67. The normalized spacial score (nSPS) is 12.8. The number of aliphatic hydroxyl groups excluding tert-OH is 1. The third kappa shape index (κ3) is 2.85. The molecule has 90 valence electrons. The van der Waals surface area contributed by atoms with Gasteiger partial charge in [0.1, 0.15) is 5.69 Å². The van der Waals surface area contributed by atoms with Crippen LogP contribution in [0.15, 0.2) is 18.3 Å². The average molecular weight is 224 g/mol. The Morgan fingerprint density at radius 1 is 1.56 bits per heavy atom. The molecule has 0 aliphatic heterocycles. The summed E-state index contributed by atoms with van der Waals surface area (Å²) in [6.07, 6.45) is 1.87. The highest BCUT2D eigenvalue weighted by molar-refractivity contribution is 5.92. The van der Waals surface area contributed by atoms with Crippen LogP contribution in [0.25, 0.3) is 0 Å². The van der Waals surface area contributed by atoms with Crippen LogP contribution in [0.5, 0.6) is 0 Å². The molecule has 0 spiro atoms. The number of aromatic nitrogens is 1. The van der Waals surface area contributed by atoms with Crippen molar-refractivity contribution in [2.75, 3.05) is 6.61 Å². The molecular formula is C12H20N2O2. The van der Waals surface area contributed by atoms with Crippen molar-refractivity contribution in [3.05, 3.63) is 24.0 Å². The van der Waals surface area contributed by atoms with Gasteiger partial charge < -0.3 is 15.0 Å². The number of hydrogen-bond acceptors (Lipinski definition) is 2. The van der Waals surface area contributed by atoms with Gasteiger partial charge >= 0.3 is 0 Å². The topological polar surface area (TPSA) is 54.3 Å². The highest BCUT2D eigenvalue weighted by atomic mass is 16.3. The van der Waals surface area contributed by atoms with Crippen molar-refractivity contribution < 1.29 is 9.90 Å². The molecule has 1 aromatic rings. The molecular weight excluding hydrogens is 204 g/mol. The molecule has 1 atom stereocenters. The average Bonchev–Trinajstić information content (AvgIpc) is 2.72. The number of hydrogen-bond donors (Lipinski definition) is 2. The zero-order chi connectivity index (χ0) is 12.1. The van der Waals surface area contributed by atoms with Crippen LogP contribution in [-0.4, -0.2) is 28.2 Å². The summed E-state index contributed by atoms with van der Waals surface area (Å²) < 4.78 is 1.88. The monoisotopic (exact) mass is 224 g/mol.